The normalized spacial score (nSPS) is 19.4. The number of amides is 2. The van der Waals surface area contributed by atoms with Gasteiger partial charge < -0.3 is 24.6 Å². The van der Waals surface area contributed by atoms with E-state index in [2.05, 4.69) is 17.3 Å². The molecular formula is C26H34FN3O3. The van der Waals surface area contributed by atoms with Crippen molar-refractivity contribution in [3.63, 3.8) is 0 Å². The van der Waals surface area contributed by atoms with E-state index in [1.165, 1.54) is 12.1 Å². The van der Waals surface area contributed by atoms with Crippen molar-refractivity contribution in [1.29, 1.82) is 0 Å². The first-order valence-corrected chi connectivity index (χ1v) is 11.8. The van der Waals surface area contributed by atoms with Crippen LogP contribution in [0.5, 0.6) is 5.75 Å². The minimum atomic E-state index is -0.266. The molecule has 1 atom stereocenters. The van der Waals surface area contributed by atoms with E-state index in [0.717, 1.165) is 55.8 Å². The fourth-order valence-electron chi connectivity index (χ4n) is 4.36. The summed E-state index contributed by atoms with van der Waals surface area (Å²) in [5, 5.41) is 3.06. The van der Waals surface area contributed by atoms with Crippen LogP contribution >= 0.6 is 0 Å². The second kappa shape index (κ2) is 11.5. The minimum Gasteiger partial charge on any atom is -0.488 e. The second-order valence-corrected chi connectivity index (χ2v) is 9.16. The van der Waals surface area contributed by atoms with Gasteiger partial charge in [0.05, 0.1) is 13.2 Å². The average Bonchev–Trinajstić information content (AvgIpc) is 3.34. The highest BCUT2D eigenvalue weighted by molar-refractivity contribution is 5.74. The van der Waals surface area contributed by atoms with Gasteiger partial charge in [-0.1, -0.05) is 24.3 Å². The van der Waals surface area contributed by atoms with Crippen LogP contribution in [0.3, 0.4) is 0 Å². The summed E-state index contributed by atoms with van der Waals surface area (Å²) >= 11 is 0. The molecule has 1 unspecified atom stereocenters. The molecule has 2 amide bonds. The smallest absolute Gasteiger partial charge is 0.317 e. The molecule has 0 aromatic heterocycles. The number of carbonyl (C=O) groups is 1. The summed E-state index contributed by atoms with van der Waals surface area (Å²) in [5.41, 5.74) is 1.94. The molecule has 0 radical (unpaired) electrons. The standard InChI is InChI=1S/C26H34FN3O3/c1-29-13-10-22(11-14-29)18-30(17-21-2-6-23(27)7-3-21)26(31)28-16-20-4-8-24(9-5-20)33-25-12-15-32-19-25/h2-9,22,25H,10-19H2,1H3,(H,28,31). The summed E-state index contributed by atoms with van der Waals surface area (Å²) in [7, 11) is 2.14. The third-order valence-corrected chi connectivity index (χ3v) is 6.45. The van der Waals surface area contributed by atoms with E-state index in [9.17, 15) is 9.18 Å². The molecule has 0 spiro atoms. The number of urea groups is 1. The van der Waals surface area contributed by atoms with Crippen LogP contribution in [0.15, 0.2) is 48.5 Å². The summed E-state index contributed by atoms with van der Waals surface area (Å²) in [5.74, 6) is 1.03. The Bertz CT molecular complexity index is 877. The molecule has 33 heavy (non-hydrogen) atoms. The molecule has 7 heteroatoms. The van der Waals surface area contributed by atoms with E-state index in [0.29, 0.717) is 32.2 Å². The molecule has 4 rings (SSSR count). The van der Waals surface area contributed by atoms with Crippen molar-refractivity contribution in [2.75, 3.05) is 39.9 Å². The molecule has 2 aromatic rings. The van der Waals surface area contributed by atoms with E-state index in [4.69, 9.17) is 9.47 Å². The van der Waals surface area contributed by atoms with Crippen molar-refractivity contribution >= 4 is 6.03 Å². The summed E-state index contributed by atoms with van der Waals surface area (Å²) in [6.07, 6.45) is 3.20. The Balaban J connectivity index is 1.33. The van der Waals surface area contributed by atoms with Crippen LogP contribution in [0.2, 0.25) is 0 Å². The fraction of sp³-hybridized carbons (Fsp3) is 0.500. The lowest BCUT2D eigenvalue weighted by molar-refractivity contribution is 0.141. The maximum Gasteiger partial charge on any atom is 0.317 e. The van der Waals surface area contributed by atoms with E-state index >= 15 is 0 Å². The molecule has 2 aromatic carbocycles. The van der Waals surface area contributed by atoms with Crippen LogP contribution in [0.25, 0.3) is 0 Å². The van der Waals surface area contributed by atoms with Gasteiger partial charge in [0, 0.05) is 26.1 Å². The van der Waals surface area contributed by atoms with E-state index in [1.807, 2.05) is 29.2 Å². The number of rotatable bonds is 8. The van der Waals surface area contributed by atoms with Crippen molar-refractivity contribution in [2.45, 2.75) is 38.5 Å². The number of ether oxygens (including phenoxy) is 2. The van der Waals surface area contributed by atoms with Gasteiger partial charge in [-0.2, -0.15) is 0 Å². The third kappa shape index (κ3) is 7.17. The van der Waals surface area contributed by atoms with Crippen LogP contribution in [0.1, 0.15) is 30.4 Å². The Morgan fingerprint density at radius 1 is 1.09 bits per heavy atom. The SMILES string of the molecule is CN1CCC(CN(Cc2ccc(F)cc2)C(=O)NCc2ccc(OC3CCOC3)cc2)CC1. The summed E-state index contributed by atoms with van der Waals surface area (Å²) in [4.78, 5) is 17.3. The lowest BCUT2D eigenvalue weighted by Crippen LogP contribution is -2.43. The molecule has 0 bridgehead atoms. The molecular weight excluding hydrogens is 421 g/mol. The summed E-state index contributed by atoms with van der Waals surface area (Å²) < 4.78 is 24.6. The van der Waals surface area contributed by atoms with Crippen LogP contribution in [-0.2, 0) is 17.8 Å². The molecule has 2 saturated heterocycles. The highest BCUT2D eigenvalue weighted by Crippen LogP contribution is 2.20. The highest BCUT2D eigenvalue weighted by Gasteiger charge is 2.23. The molecule has 0 saturated carbocycles. The van der Waals surface area contributed by atoms with Gasteiger partial charge in [-0.3, -0.25) is 0 Å². The number of hydrogen-bond donors (Lipinski definition) is 1. The molecule has 178 valence electrons. The number of nitrogens with one attached hydrogen (secondary N) is 1. The van der Waals surface area contributed by atoms with Gasteiger partial charge in [0.1, 0.15) is 17.7 Å². The number of carbonyl (C=O) groups excluding carboxylic acids is 1. The zero-order chi connectivity index (χ0) is 23.0. The summed E-state index contributed by atoms with van der Waals surface area (Å²) in [6.45, 7) is 5.11. The Hall–Kier alpha value is -2.64. The van der Waals surface area contributed by atoms with Gasteiger partial charge in [0.25, 0.3) is 0 Å². The first kappa shape index (κ1) is 23.5. The Morgan fingerprint density at radius 2 is 1.79 bits per heavy atom. The lowest BCUT2D eigenvalue weighted by atomic mass is 9.96. The topological polar surface area (TPSA) is 54.0 Å². The number of benzene rings is 2. The van der Waals surface area contributed by atoms with Crippen LogP contribution in [-0.4, -0.2) is 61.8 Å². The fourth-order valence-corrected chi connectivity index (χ4v) is 4.36. The number of hydrogen-bond acceptors (Lipinski definition) is 4. The predicted octanol–water partition coefficient (Wildman–Crippen LogP) is 4.05. The van der Waals surface area contributed by atoms with Crippen LogP contribution in [0.4, 0.5) is 9.18 Å². The lowest BCUT2D eigenvalue weighted by Gasteiger charge is -2.33. The Kier molecular flexibility index (Phi) is 8.18. The van der Waals surface area contributed by atoms with Crippen molar-refractivity contribution in [3.05, 3.63) is 65.5 Å². The van der Waals surface area contributed by atoms with Crippen molar-refractivity contribution in [1.82, 2.24) is 15.1 Å². The van der Waals surface area contributed by atoms with E-state index in [1.54, 1.807) is 12.1 Å². The number of likely N-dealkylation sites (tertiary alicyclic amines) is 1. The van der Waals surface area contributed by atoms with Crippen molar-refractivity contribution in [3.8, 4) is 5.75 Å². The quantitative estimate of drug-likeness (QED) is 0.653. The van der Waals surface area contributed by atoms with Gasteiger partial charge in [0.15, 0.2) is 0 Å². The average molecular weight is 456 g/mol. The van der Waals surface area contributed by atoms with E-state index < -0.39 is 0 Å². The second-order valence-electron chi connectivity index (χ2n) is 9.16. The Labute approximate surface area is 195 Å². The molecule has 1 N–H and O–H groups in total. The molecule has 2 fully saturated rings. The highest BCUT2D eigenvalue weighted by atomic mass is 19.1. The van der Waals surface area contributed by atoms with Crippen LogP contribution < -0.4 is 10.1 Å². The molecule has 6 nitrogen and oxygen atoms in total. The molecule has 2 heterocycles. The zero-order valence-corrected chi connectivity index (χ0v) is 19.3. The molecule has 0 aliphatic carbocycles. The zero-order valence-electron chi connectivity index (χ0n) is 19.3. The first-order valence-electron chi connectivity index (χ1n) is 11.8. The van der Waals surface area contributed by atoms with Crippen molar-refractivity contribution < 1.29 is 18.7 Å². The van der Waals surface area contributed by atoms with E-state index in [-0.39, 0.29) is 18.0 Å². The predicted molar refractivity (Wildman–Crippen MR) is 126 cm³/mol. The maximum atomic E-state index is 13.3. The van der Waals surface area contributed by atoms with Gasteiger partial charge in [-0.15, -0.1) is 0 Å². The molecule has 2 aliphatic heterocycles. The van der Waals surface area contributed by atoms with Gasteiger partial charge in [-0.25, -0.2) is 9.18 Å². The number of piperidine rings is 1. The van der Waals surface area contributed by atoms with Gasteiger partial charge >= 0.3 is 6.03 Å². The van der Waals surface area contributed by atoms with Gasteiger partial charge in [0.2, 0.25) is 0 Å². The number of halogens is 1. The van der Waals surface area contributed by atoms with Crippen LogP contribution in [0, 0.1) is 11.7 Å². The minimum absolute atomic E-state index is 0.0957. The molecule has 2 aliphatic rings. The Morgan fingerprint density at radius 3 is 2.45 bits per heavy atom. The van der Waals surface area contributed by atoms with Crippen molar-refractivity contribution in [2.24, 2.45) is 5.92 Å². The first-order chi connectivity index (χ1) is 16.0. The maximum absolute atomic E-state index is 13.3. The van der Waals surface area contributed by atoms with Gasteiger partial charge in [-0.05, 0) is 74.3 Å². The monoisotopic (exact) mass is 455 g/mol. The summed E-state index contributed by atoms with van der Waals surface area (Å²) in [6, 6.07) is 14.1. The number of nitrogens with zero attached hydrogens (tertiary/aromatic N) is 2. The largest absolute Gasteiger partial charge is 0.488 e. The third-order valence-electron chi connectivity index (χ3n) is 6.45.